The molecule has 3 aromatic carbocycles. The van der Waals surface area contributed by atoms with Gasteiger partial charge in [-0.1, -0.05) is 47.5 Å². The van der Waals surface area contributed by atoms with E-state index >= 15 is 0 Å². The van der Waals surface area contributed by atoms with E-state index in [4.69, 9.17) is 32.7 Å². The summed E-state index contributed by atoms with van der Waals surface area (Å²) in [5.74, 6) is -2.04. The van der Waals surface area contributed by atoms with E-state index in [0.29, 0.717) is 26.9 Å². The molecule has 2 amide bonds. The van der Waals surface area contributed by atoms with Crippen LogP contribution >= 0.6 is 34.5 Å². The first kappa shape index (κ1) is 26.2. The number of ether oxygens (including phenoxy) is 2. The fourth-order valence-electron chi connectivity index (χ4n) is 3.28. The third-order valence-electron chi connectivity index (χ3n) is 5.21. The molecule has 11 heteroatoms. The predicted molar refractivity (Wildman–Crippen MR) is 145 cm³/mol. The summed E-state index contributed by atoms with van der Waals surface area (Å²) in [6, 6.07) is 17.1. The van der Waals surface area contributed by atoms with Gasteiger partial charge in [-0.05, 0) is 54.4 Å². The highest BCUT2D eigenvalue weighted by atomic mass is 35.5. The van der Waals surface area contributed by atoms with Crippen LogP contribution in [0.1, 0.15) is 20.8 Å². The first-order chi connectivity index (χ1) is 17.8. The van der Waals surface area contributed by atoms with Gasteiger partial charge in [-0.2, -0.15) is 5.10 Å². The Morgan fingerprint density at radius 1 is 0.973 bits per heavy atom. The van der Waals surface area contributed by atoms with Gasteiger partial charge in [-0.15, -0.1) is 11.3 Å². The van der Waals surface area contributed by atoms with E-state index in [1.807, 2.05) is 24.3 Å². The van der Waals surface area contributed by atoms with E-state index in [2.05, 4.69) is 15.8 Å². The Morgan fingerprint density at radius 2 is 1.76 bits per heavy atom. The second-order valence-electron chi connectivity index (χ2n) is 7.61. The summed E-state index contributed by atoms with van der Waals surface area (Å²) in [7, 11) is 1.42. The average Bonchev–Trinajstić information content (AvgIpc) is 3.24. The van der Waals surface area contributed by atoms with Crippen molar-refractivity contribution >= 4 is 74.3 Å². The molecule has 0 atom stereocenters. The molecule has 2 N–H and O–H groups in total. The summed E-state index contributed by atoms with van der Waals surface area (Å²) in [4.78, 5) is 37.3. The lowest BCUT2D eigenvalue weighted by atomic mass is 10.2. The number of fused-ring (bicyclic) bond motifs is 1. The van der Waals surface area contributed by atoms with Gasteiger partial charge in [0.2, 0.25) is 0 Å². The normalized spacial score (nSPS) is 10.9. The summed E-state index contributed by atoms with van der Waals surface area (Å²) in [6.07, 6.45) is 1.31. The average molecular weight is 556 g/mol. The van der Waals surface area contributed by atoms with Gasteiger partial charge in [0.15, 0.2) is 11.5 Å². The number of nitrogens with zero attached hydrogens (tertiary/aromatic N) is 1. The lowest BCUT2D eigenvalue weighted by Gasteiger charge is -2.09. The summed E-state index contributed by atoms with van der Waals surface area (Å²) in [6.45, 7) is 1.72. The number of rotatable bonds is 6. The van der Waals surface area contributed by atoms with E-state index in [1.165, 1.54) is 30.7 Å². The van der Waals surface area contributed by atoms with Crippen LogP contribution in [-0.4, -0.2) is 31.1 Å². The molecule has 0 radical (unpaired) electrons. The number of benzene rings is 3. The first-order valence-corrected chi connectivity index (χ1v) is 12.3. The minimum atomic E-state index is -0.964. The molecule has 4 aromatic rings. The SMILES string of the molecule is COc1cc(/C=N\NC(=O)C(=O)Nc2cccc(Cl)c2C)ccc1OC(=O)c1sc2ccccc2c1Cl. The number of carbonyl (C=O) groups is 3. The Bertz CT molecular complexity index is 1550. The number of carbonyl (C=O) groups excluding carboxylic acids is 3. The molecule has 188 valence electrons. The Morgan fingerprint density at radius 3 is 2.51 bits per heavy atom. The predicted octanol–water partition coefficient (Wildman–Crippen LogP) is 5.83. The number of methoxy groups -OCH3 is 1. The molecule has 0 aliphatic heterocycles. The largest absolute Gasteiger partial charge is 0.493 e. The number of amides is 2. The Hall–Kier alpha value is -3.92. The quantitative estimate of drug-likeness (QED) is 0.102. The zero-order chi connectivity index (χ0) is 26.5. The second-order valence-corrected chi connectivity index (χ2v) is 9.44. The standard InChI is InChI=1S/C26H19Cl2N3O5S/c1-14-17(27)7-5-8-18(14)30-24(32)25(33)31-29-13-15-10-11-19(20(12-15)35-2)36-26(34)23-22(28)16-6-3-4-9-21(16)37-23/h3-13H,1-2H3,(H,30,32)(H,31,33)/b29-13-. The second kappa shape index (κ2) is 11.4. The van der Waals surface area contributed by atoms with Crippen LogP contribution in [0.15, 0.2) is 65.8 Å². The van der Waals surface area contributed by atoms with Crippen molar-refractivity contribution in [3.63, 3.8) is 0 Å². The molecule has 0 saturated heterocycles. The highest BCUT2D eigenvalue weighted by Crippen LogP contribution is 2.37. The van der Waals surface area contributed by atoms with Gasteiger partial charge in [0.25, 0.3) is 0 Å². The van der Waals surface area contributed by atoms with Gasteiger partial charge in [0.05, 0.1) is 18.3 Å². The van der Waals surface area contributed by atoms with Crippen LogP contribution in [-0.2, 0) is 9.59 Å². The summed E-state index contributed by atoms with van der Waals surface area (Å²) in [5.41, 5.74) is 3.73. The molecule has 37 heavy (non-hydrogen) atoms. The van der Waals surface area contributed by atoms with E-state index in [9.17, 15) is 14.4 Å². The molecule has 0 fully saturated rings. The van der Waals surface area contributed by atoms with Crippen molar-refractivity contribution in [2.24, 2.45) is 5.10 Å². The van der Waals surface area contributed by atoms with Crippen molar-refractivity contribution in [3.05, 3.63) is 86.7 Å². The molecule has 0 bridgehead atoms. The molecule has 8 nitrogen and oxygen atoms in total. The number of thiophene rings is 1. The van der Waals surface area contributed by atoms with E-state index in [0.717, 1.165) is 10.1 Å². The van der Waals surface area contributed by atoms with Gasteiger partial charge in [-0.25, -0.2) is 10.2 Å². The molecular weight excluding hydrogens is 537 g/mol. The maximum atomic E-state index is 12.8. The molecule has 1 aromatic heterocycles. The molecule has 1 heterocycles. The maximum Gasteiger partial charge on any atom is 0.355 e. The van der Waals surface area contributed by atoms with Crippen LogP contribution in [0.4, 0.5) is 5.69 Å². The van der Waals surface area contributed by atoms with E-state index in [1.54, 1.807) is 37.3 Å². The third kappa shape index (κ3) is 5.91. The zero-order valence-electron chi connectivity index (χ0n) is 19.5. The highest BCUT2D eigenvalue weighted by molar-refractivity contribution is 7.21. The Kier molecular flexibility index (Phi) is 8.08. The van der Waals surface area contributed by atoms with Crippen molar-refractivity contribution in [2.75, 3.05) is 12.4 Å². The fraction of sp³-hybridized carbons (Fsp3) is 0.0769. The summed E-state index contributed by atoms with van der Waals surface area (Å²) in [5, 5.41) is 7.86. The number of hydrogen-bond donors (Lipinski definition) is 2. The molecule has 0 aliphatic carbocycles. The summed E-state index contributed by atoms with van der Waals surface area (Å²) < 4.78 is 11.7. The van der Waals surface area contributed by atoms with E-state index < -0.39 is 17.8 Å². The van der Waals surface area contributed by atoms with Gasteiger partial charge in [0, 0.05) is 20.8 Å². The smallest absolute Gasteiger partial charge is 0.355 e. The number of anilines is 1. The van der Waals surface area contributed by atoms with Crippen LogP contribution in [0.2, 0.25) is 10.0 Å². The van der Waals surface area contributed by atoms with Crippen molar-refractivity contribution in [1.82, 2.24) is 5.43 Å². The van der Waals surface area contributed by atoms with Gasteiger partial charge < -0.3 is 14.8 Å². The first-order valence-electron chi connectivity index (χ1n) is 10.7. The molecule has 4 rings (SSSR count). The lowest BCUT2D eigenvalue weighted by Crippen LogP contribution is -2.32. The number of esters is 1. The molecular formula is C26H19Cl2N3O5S. The van der Waals surface area contributed by atoms with Crippen molar-refractivity contribution in [1.29, 1.82) is 0 Å². The van der Waals surface area contributed by atoms with Gasteiger partial charge in [0.1, 0.15) is 4.88 Å². The third-order valence-corrected chi connectivity index (χ3v) is 7.28. The number of hydrogen-bond acceptors (Lipinski definition) is 7. The highest BCUT2D eigenvalue weighted by Gasteiger charge is 2.20. The Labute approximate surface area is 225 Å². The fourth-order valence-corrected chi connectivity index (χ4v) is 4.84. The summed E-state index contributed by atoms with van der Waals surface area (Å²) >= 11 is 13.6. The van der Waals surface area contributed by atoms with E-state index in [-0.39, 0.29) is 16.4 Å². The molecule has 0 aliphatic rings. The van der Waals surface area contributed by atoms with Crippen LogP contribution in [0.5, 0.6) is 11.5 Å². The minimum Gasteiger partial charge on any atom is -0.493 e. The Balaban J connectivity index is 1.40. The van der Waals surface area contributed by atoms with Crippen LogP contribution in [0.3, 0.4) is 0 Å². The van der Waals surface area contributed by atoms with Crippen LogP contribution < -0.4 is 20.2 Å². The zero-order valence-corrected chi connectivity index (χ0v) is 21.8. The van der Waals surface area contributed by atoms with Crippen LogP contribution in [0, 0.1) is 6.92 Å². The number of halogens is 2. The van der Waals surface area contributed by atoms with Crippen molar-refractivity contribution in [2.45, 2.75) is 6.92 Å². The molecule has 0 saturated carbocycles. The monoisotopic (exact) mass is 555 g/mol. The maximum absolute atomic E-state index is 12.8. The van der Waals surface area contributed by atoms with Crippen molar-refractivity contribution < 1.29 is 23.9 Å². The minimum absolute atomic E-state index is 0.179. The number of nitrogens with one attached hydrogen (secondary N) is 2. The topological polar surface area (TPSA) is 106 Å². The van der Waals surface area contributed by atoms with Crippen LogP contribution in [0.25, 0.3) is 10.1 Å². The molecule has 0 spiro atoms. The number of hydrazone groups is 1. The van der Waals surface area contributed by atoms with Crippen molar-refractivity contribution in [3.8, 4) is 11.5 Å². The van der Waals surface area contributed by atoms with Gasteiger partial charge >= 0.3 is 17.8 Å². The van der Waals surface area contributed by atoms with Gasteiger partial charge in [-0.3, -0.25) is 9.59 Å². The lowest BCUT2D eigenvalue weighted by molar-refractivity contribution is -0.136. The molecule has 0 unspecified atom stereocenters.